The van der Waals surface area contributed by atoms with Crippen molar-refractivity contribution in [1.29, 1.82) is 0 Å². The van der Waals surface area contributed by atoms with Crippen molar-refractivity contribution < 1.29 is 9.84 Å². The van der Waals surface area contributed by atoms with E-state index in [0.29, 0.717) is 11.9 Å². The quantitative estimate of drug-likeness (QED) is 0.908. The number of rotatable bonds is 3. The molecule has 1 atom stereocenters. The summed E-state index contributed by atoms with van der Waals surface area (Å²) in [5.41, 5.74) is 3.68. The second kappa shape index (κ2) is 5.08. The summed E-state index contributed by atoms with van der Waals surface area (Å²) in [5.74, 6) is 1.27. The van der Waals surface area contributed by atoms with Crippen LogP contribution in [0.2, 0.25) is 0 Å². The summed E-state index contributed by atoms with van der Waals surface area (Å²) in [6.45, 7) is 0.955. The van der Waals surface area contributed by atoms with Crippen LogP contribution in [0.1, 0.15) is 35.6 Å². The van der Waals surface area contributed by atoms with Crippen molar-refractivity contribution in [2.75, 3.05) is 6.54 Å². The summed E-state index contributed by atoms with van der Waals surface area (Å²) in [7, 11) is 0. The Labute approximate surface area is 124 Å². The Kier molecular flexibility index (Phi) is 3.08. The van der Waals surface area contributed by atoms with Crippen LogP contribution in [-0.4, -0.2) is 17.8 Å². The van der Waals surface area contributed by atoms with Crippen LogP contribution in [-0.2, 0) is 6.42 Å². The minimum atomic E-state index is 0.128. The van der Waals surface area contributed by atoms with Crippen molar-refractivity contribution in [3.05, 3.63) is 59.2 Å². The van der Waals surface area contributed by atoms with Crippen LogP contribution >= 0.6 is 0 Å². The SMILES string of the molecule is Oc1ccc2c(c1)C(c1cccc(OC3CC3)c1)NCC2. The Bertz CT molecular complexity index is 664. The molecule has 0 spiro atoms. The first kappa shape index (κ1) is 12.7. The monoisotopic (exact) mass is 281 g/mol. The van der Waals surface area contributed by atoms with Gasteiger partial charge >= 0.3 is 0 Å². The molecule has 1 heterocycles. The molecule has 0 amide bonds. The van der Waals surface area contributed by atoms with Crippen LogP contribution in [0.4, 0.5) is 0 Å². The van der Waals surface area contributed by atoms with E-state index in [1.54, 1.807) is 6.07 Å². The Hall–Kier alpha value is -2.00. The fourth-order valence-corrected chi connectivity index (χ4v) is 2.98. The molecule has 2 N–H and O–H groups in total. The van der Waals surface area contributed by atoms with Crippen molar-refractivity contribution in [3.8, 4) is 11.5 Å². The number of ether oxygens (including phenoxy) is 1. The van der Waals surface area contributed by atoms with Crippen LogP contribution < -0.4 is 10.1 Å². The van der Waals surface area contributed by atoms with E-state index < -0.39 is 0 Å². The van der Waals surface area contributed by atoms with Gasteiger partial charge in [0.05, 0.1) is 12.1 Å². The van der Waals surface area contributed by atoms with E-state index in [1.807, 2.05) is 24.3 Å². The maximum absolute atomic E-state index is 9.78. The summed E-state index contributed by atoms with van der Waals surface area (Å²) in [6, 6.07) is 14.1. The van der Waals surface area contributed by atoms with Crippen molar-refractivity contribution in [2.24, 2.45) is 0 Å². The van der Waals surface area contributed by atoms with Gasteiger partial charge in [-0.1, -0.05) is 18.2 Å². The molecule has 2 aromatic rings. The highest BCUT2D eigenvalue weighted by Crippen LogP contribution is 2.34. The zero-order chi connectivity index (χ0) is 14.2. The smallest absolute Gasteiger partial charge is 0.120 e. The number of phenolic OH excluding ortho intramolecular Hbond substituents is 1. The zero-order valence-corrected chi connectivity index (χ0v) is 11.9. The Morgan fingerprint density at radius 1 is 1.10 bits per heavy atom. The molecule has 2 aliphatic rings. The third-order valence-corrected chi connectivity index (χ3v) is 4.20. The molecule has 0 radical (unpaired) electrons. The molecular weight excluding hydrogens is 262 g/mol. The second-order valence-electron chi connectivity index (χ2n) is 5.91. The van der Waals surface area contributed by atoms with Crippen LogP contribution in [0.15, 0.2) is 42.5 Å². The Morgan fingerprint density at radius 3 is 2.86 bits per heavy atom. The summed E-state index contributed by atoms with van der Waals surface area (Å²) in [5, 5.41) is 13.3. The van der Waals surface area contributed by atoms with Gasteiger partial charge in [-0.05, 0) is 60.2 Å². The average molecular weight is 281 g/mol. The Balaban J connectivity index is 1.69. The van der Waals surface area contributed by atoms with Crippen LogP contribution in [0.3, 0.4) is 0 Å². The first-order valence-corrected chi connectivity index (χ1v) is 7.61. The minimum Gasteiger partial charge on any atom is -0.508 e. The molecule has 1 unspecified atom stereocenters. The van der Waals surface area contributed by atoms with Crippen LogP contribution in [0, 0.1) is 0 Å². The van der Waals surface area contributed by atoms with Gasteiger partial charge in [-0.2, -0.15) is 0 Å². The van der Waals surface area contributed by atoms with E-state index in [0.717, 1.165) is 18.7 Å². The van der Waals surface area contributed by atoms with Crippen molar-refractivity contribution in [1.82, 2.24) is 5.32 Å². The first-order chi connectivity index (χ1) is 10.3. The maximum Gasteiger partial charge on any atom is 0.120 e. The lowest BCUT2D eigenvalue weighted by Gasteiger charge is -2.27. The lowest BCUT2D eigenvalue weighted by molar-refractivity contribution is 0.302. The predicted octanol–water partition coefficient (Wildman–Crippen LogP) is 3.17. The van der Waals surface area contributed by atoms with Gasteiger partial charge in [0.2, 0.25) is 0 Å². The molecule has 0 saturated heterocycles. The average Bonchev–Trinajstić information content (AvgIpc) is 3.31. The molecule has 1 aliphatic heterocycles. The van der Waals surface area contributed by atoms with Crippen LogP contribution in [0.5, 0.6) is 11.5 Å². The molecule has 1 fully saturated rings. The van der Waals surface area contributed by atoms with Gasteiger partial charge in [0.15, 0.2) is 0 Å². The van der Waals surface area contributed by atoms with E-state index in [4.69, 9.17) is 4.74 Å². The zero-order valence-electron chi connectivity index (χ0n) is 11.9. The number of hydrogen-bond acceptors (Lipinski definition) is 3. The first-order valence-electron chi connectivity index (χ1n) is 7.61. The fraction of sp³-hybridized carbons (Fsp3) is 0.333. The van der Waals surface area contributed by atoms with Gasteiger partial charge in [-0.25, -0.2) is 0 Å². The molecular formula is C18H19NO2. The minimum absolute atomic E-state index is 0.128. The lowest BCUT2D eigenvalue weighted by Crippen LogP contribution is -2.30. The van der Waals surface area contributed by atoms with E-state index in [9.17, 15) is 5.11 Å². The lowest BCUT2D eigenvalue weighted by atomic mass is 9.89. The highest BCUT2D eigenvalue weighted by atomic mass is 16.5. The highest BCUT2D eigenvalue weighted by molar-refractivity contribution is 5.45. The van der Waals surface area contributed by atoms with E-state index in [2.05, 4.69) is 17.4 Å². The van der Waals surface area contributed by atoms with Gasteiger partial charge in [0, 0.05) is 6.54 Å². The van der Waals surface area contributed by atoms with E-state index >= 15 is 0 Å². The van der Waals surface area contributed by atoms with Gasteiger partial charge in [-0.3, -0.25) is 0 Å². The van der Waals surface area contributed by atoms with E-state index in [-0.39, 0.29) is 6.04 Å². The molecule has 0 bridgehead atoms. The molecule has 0 aromatic heterocycles. The second-order valence-corrected chi connectivity index (χ2v) is 5.91. The fourth-order valence-electron chi connectivity index (χ4n) is 2.98. The van der Waals surface area contributed by atoms with E-state index in [1.165, 1.54) is 29.5 Å². The Morgan fingerprint density at radius 2 is 2.00 bits per heavy atom. The summed E-state index contributed by atoms with van der Waals surface area (Å²) < 4.78 is 5.89. The standard InChI is InChI=1S/C18H19NO2/c20-14-5-4-12-8-9-19-18(17(12)11-14)13-2-1-3-16(10-13)21-15-6-7-15/h1-5,10-11,15,18-20H,6-9H2. The number of phenols is 1. The molecule has 2 aromatic carbocycles. The molecule has 4 rings (SSSR count). The van der Waals surface area contributed by atoms with Crippen molar-refractivity contribution >= 4 is 0 Å². The van der Waals surface area contributed by atoms with Gasteiger partial charge in [0.25, 0.3) is 0 Å². The normalized spacial score (nSPS) is 20.9. The van der Waals surface area contributed by atoms with Gasteiger partial charge in [-0.15, -0.1) is 0 Å². The number of aromatic hydroxyl groups is 1. The summed E-state index contributed by atoms with van der Waals surface area (Å²) in [6.07, 6.45) is 3.76. The molecule has 1 saturated carbocycles. The molecule has 21 heavy (non-hydrogen) atoms. The number of nitrogens with one attached hydrogen (secondary N) is 1. The summed E-state index contributed by atoms with van der Waals surface area (Å²) >= 11 is 0. The maximum atomic E-state index is 9.78. The molecule has 1 aliphatic carbocycles. The number of fused-ring (bicyclic) bond motifs is 1. The third-order valence-electron chi connectivity index (χ3n) is 4.20. The summed E-state index contributed by atoms with van der Waals surface area (Å²) in [4.78, 5) is 0. The topological polar surface area (TPSA) is 41.5 Å². The van der Waals surface area contributed by atoms with Crippen molar-refractivity contribution in [2.45, 2.75) is 31.4 Å². The van der Waals surface area contributed by atoms with Crippen molar-refractivity contribution in [3.63, 3.8) is 0 Å². The largest absolute Gasteiger partial charge is 0.508 e. The third kappa shape index (κ3) is 2.61. The number of benzene rings is 2. The molecule has 3 heteroatoms. The van der Waals surface area contributed by atoms with Gasteiger partial charge < -0.3 is 15.2 Å². The molecule has 3 nitrogen and oxygen atoms in total. The van der Waals surface area contributed by atoms with Crippen LogP contribution in [0.25, 0.3) is 0 Å². The predicted molar refractivity (Wildman–Crippen MR) is 81.7 cm³/mol. The highest BCUT2D eigenvalue weighted by Gasteiger charge is 2.25. The van der Waals surface area contributed by atoms with Gasteiger partial charge in [0.1, 0.15) is 11.5 Å². The molecule has 108 valence electrons. The number of hydrogen-bond donors (Lipinski definition) is 2.